The summed E-state index contributed by atoms with van der Waals surface area (Å²) in [7, 11) is 1.27. The number of hydrogen-bond donors (Lipinski definition) is 1. The number of hydrogen-bond acceptors (Lipinski definition) is 5. The number of benzene rings is 1. The number of halogens is 1. The molecule has 1 atom stereocenters. The lowest BCUT2D eigenvalue weighted by Gasteiger charge is -2.22. The van der Waals surface area contributed by atoms with Crippen molar-refractivity contribution in [3.63, 3.8) is 0 Å². The Kier molecular flexibility index (Phi) is 6.02. The van der Waals surface area contributed by atoms with Crippen molar-refractivity contribution in [1.82, 2.24) is 4.98 Å². The van der Waals surface area contributed by atoms with Gasteiger partial charge >= 0.3 is 6.09 Å². The Hall–Kier alpha value is -2.83. The van der Waals surface area contributed by atoms with E-state index in [9.17, 15) is 9.18 Å². The van der Waals surface area contributed by atoms with E-state index < -0.39 is 11.9 Å². The molecule has 0 aliphatic carbocycles. The van der Waals surface area contributed by atoms with Crippen LogP contribution in [0.1, 0.15) is 32.8 Å². The van der Waals surface area contributed by atoms with E-state index in [0.717, 1.165) is 17.5 Å². The maximum Gasteiger partial charge on any atom is 0.412 e. The highest BCUT2D eigenvalue weighted by Crippen LogP contribution is 2.41. The number of carbonyl (C=O) groups excluding carboxylic acids is 1. The number of aromatic nitrogens is 1. The van der Waals surface area contributed by atoms with E-state index in [-0.39, 0.29) is 5.75 Å². The summed E-state index contributed by atoms with van der Waals surface area (Å²) in [6.45, 7) is 7.15. The molecule has 0 saturated heterocycles. The van der Waals surface area contributed by atoms with Crippen molar-refractivity contribution in [2.45, 2.75) is 33.8 Å². The smallest absolute Gasteiger partial charge is 0.412 e. The zero-order chi connectivity index (χ0) is 20.3. The lowest BCUT2D eigenvalue weighted by Crippen LogP contribution is -2.14. The Morgan fingerprint density at radius 2 is 2.07 bits per heavy atom. The Balaban J connectivity index is 1.84. The number of methoxy groups -OCH3 is 1. The number of carbonyl (C=O) groups is 1. The SMILES string of the molecule is COC(=O)Nc1cc2c(cn1)COc1cc(OCC(C)CC(C)C)c(F)cc1-2. The maximum absolute atomic E-state index is 14.7. The highest BCUT2D eigenvalue weighted by molar-refractivity contribution is 5.85. The van der Waals surface area contributed by atoms with Crippen molar-refractivity contribution in [2.24, 2.45) is 11.8 Å². The van der Waals surface area contributed by atoms with Gasteiger partial charge in [-0.05, 0) is 36.0 Å². The van der Waals surface area contributed by atoms with Crippen LogP contribution < -0.4 is 14.8 Å². The standard InChI is InChI=1S/C21H25FN2O4/c1-12(2)5-13(3)10-27-19-8-18-16(6-17(19)22)15-7-20(24-21(25)26-4)23-9-14(15)11-28-18/h6-9,12-13H,5,10-11H2,1-4H3,(H,23,24,25). The van der Waals surface area contributed by atoms with Crippen molar-refractivity contribution in [1.29, 1.82) is 0 Å². The van der Waals surface area contributed by atoms with Crippen LogP contribution in [0.3, 0.4) is 0 Å². The summed E-state index contributed by atoms with van der Waals surface area (Å²) in [5.74, 6) is 1.48. The van der Waals surface area contributed by atoms with E-state index in [0.29, 0.717) is 42.2 Å². The van der Waals surface area contributed by atoms with E-state index in [2.05, 4.69) is 35.8 Å². The van der Waals surface area contributed by atoms with Gasteiger partial charge in [0, 0.05) is 23.4 Å². The first-order chi connectivity index (χ1) is 13.4. The minimum Gasteiger partial charge on any atom is -0.490 e. The van der Waals surface area contributed by atoms with Crippen LogP contribution in [0.5, 0.6) is 11.5 Å². The highest BCUT2D eigenvalue weighted by atomic mass is 19.1. The molecule has 1 aliphatic heterocycles. The second-order valence-corrected chi connectivity index (χ2v) is 7.46. The Labute approximate surface area is 164 Å². The lowest BCUT2D eigenvalue weighted by molar-refractivity contribution is 0.187. The molecule has 0 fully saturated rings. The van der Waals surface area contributed by atoms with Gasteiger partial charge in [-0.3, -0.25) is 5.32 Å². The molecule has 3 rings (SSSR count). The number of amides is 1. The number of nitrogens with zero attached hydrogens (tertiary/aromatic N) is 1. The third kappa shape index (κ3) is 4.52. The summed E-state index contributed by atoms with van der Waals surface area (Å²) < 4.78 is 30.7. The molecule has 2 heterocycles. The van der Waals surface area contributed by atoms with Crippen molar-refractivity contribution in [3.8, 4) is 22.6 Å². The predicted molar refractivity (Wildman–Crippen MR) is 104 cm³/mol. The number of rotatable bonds is 6. The third-order valence-corrected chi connectivity index (χ3v) is 4.51. The molecular formula is C21H25FN2O4. The molecule has 0 spiro atoms. The summed E-state index contributed by atoms with van der Waals surface area (Å²) in [5.41, 5.74) is 2.15. The van der Waals surface area contributed by atoms with Crippen LogP contribution in [-0.2, 0) is 11.3 Å². The van der Waals surface area contributed by atoms with Crippen LogP contribution in [0.2, 0.25) is 0 Å². The number of pyridine rings is 1. The van der Waals surface area contributed by atoms with E-state index in [4.69, 9.17) is 9.47 Å². The molecule has 1 aromatic heterocycles. The highest BCUT2D eigenvalue weighted by Gasteiger charge is 2.22. The van der Waals surface area contributed by atoms with E-state index >= 15 is 0 Å². The van der Waals surface area contributed by atoms with Gasteiger partial charge in [-0.2, -0.15) is 0 Å². The first-order valence-electron chi connectivity index (χ1n) is 9.30. The molecule has 2 aromatic rings. The van der Waals surface area contributed by atoms with Crippen molar-refractivity contribution >= 4 is 11.9 Å². The number of nitrogens with one attached hydrogen (secondary N) is 1. The summed E-state index contributed by atoms with van der Waals surface area (Å²) >= 11 is 0. The summed E-state index contributed by atoms with van der Waals surface area (Å²) in [4.78, 5) is 15.6. The quantitative estimate of drug-likeness (QED) is 0.752. The number of ether oxygens (including phenoxy) is 3. The van der Waals surface area contributed by atoms with Gasteiger partial charge in [-0.1, -0.05) is 20.8 Å². The van der Waals surface area contributed by atoms with E-state index in [1.807, 2.05) is 0 Å². The van der Waals surface area contributed by atoms with Gasteiger partial charge in [-0.25, -0.2) is 14.2 Å². The maximum atomic E-state index is 14.7. The lowest BCUT2D eigenvalue weighted by atomic mass is 9.98. The molecule has 1 aromatic carbocycles. The molecule has 6 nitrogen and oxygen atoms in total. The van der Waals surface area contributed by atoms with Crippen LogP contribution in [0.4, 0.5) is 15.0 Å². The van der Waals surface area contributed by atoms with Gasteiger partial charge in [-0.15, -0.1) is 0 Å². The molecule has 0 radical (unpaired) electrons. The molecule has 7 heteroatoms. The van der Waals surface area contributed by atoms with Crippen LogP contribution in [0.15, 0.2) is 24.4 Å². The van der Waals surface area contributed by atoms with Crippen LogP contribution in [0.25, 0.3) is 11.1 Å². The zero-order valence-electron chi connectivity index (χ0n) is 16.5. The molecule has 28 heavy (non-hydrogen) atoms. The summed E-state index contributed by atoms with van der Waals surface area (Å²) in [6.07, 6.45) is 1.99. The second kappa shape index (κ2) is 8.46. The number of fused-ring (bicyclic) bond motifs is 3. The average molecular weight is 388 g/mol. The van der Waals surface area contributed by atoms with Crippen LogP contribution >= 0.6 is 0 Å². The molecule has 0 saturated carbocycles. The fourth-order valence-electron chi connectivity index (χ4n) is 3.31. The Morgan fingerprint density at radius 1 is 1.29 bits per heavy atom. The largest absolute Gasteiger partial charge is 0.490 e. The molecule has 0 bridgehead atoms. The number of anilines is 1. The minimum atomic E-state index is -0.620. The van der Waals surface area contributed by atoms with Crippen molar-refractivity contribution < 1.29 is 23.4 Å². The minimum absolute atomic E-state index is 0.180. The second-order valence-electron chi connectivity index (χ2n) is 7.46. The van der Waals surface area contributed by atoms with Gasteiger partial charge in [0.25, 0.3) is 0 Å². The summed E-state index contributed by atoms with van der Waals surface area (Å²) in [6, 6.07) is 4.67. The normalized spacial score (nSPS) is 13.2. The average Bonchev–Trinajstić information content (AvgIpc) is 2.65. The zero-order valence-corrected chi connectivity index (χ0v) is 16.5. The van der Waals surface area contributed by atoms with Crippen LogP contribution in [-0.4, -0.2) is 24.8 Å². The molecule has 1 amide bonds. The summed E-state index contributed by atoms with van der Waals surface area (Å²) in [5, 5.41) is 2.52. The van der Waals surface area contributed by atoms with Gasteiger partial charge in [0.15, 0.2) is 11.6 Å². The van der Waals surface area contributed by atoms with Crippen LogP contribution in [0, 0.1) is 17.7 Å². The molecule has 1 unspecified atom stereocenters. The molecular weight excluding hydrogens is 363 g/mol. The monoisotopic (exact) mass is 388 g/mol. The Morgan fingerprint density at radius 3 is 2.79 bits per heavy atom. The fraction of sp³-hybridized carbons (Fsp3) is 0.429. The van der Waals surface area contributed by atoms with Crippen molar-refractivity contribution in [2.75, 3.05) is 19.0 Å². The fourth-order valence-corrected chi connectivity index (χ4v) is 3.31. The van der Waals surface area contributed by atoms with Gasteiger partial charge in [0.1, 0.15) is 18.2 Å². The van der Waals surface area contributed by atoms with Crippen molar-refractivity contribution in [3.05, 3.63) is 35.8 Å². The first kappa shape index (κ1) is 19.9. The Bertz CT molecular complexity index is 870. The first-order valence-corrected chi connectivity index (χ1v) is 9.30. The topological polar surface area (TPSA) is 69.7 Å². The van der Waals surface area contributed by atoms with E-state index in [1.54, 1.807) is 18.3 Å². The van der Waals surface area contributed by atoms with E-state index in [1.165, 1.54) is 13.2 Å². The van der Waals surface area contributed by atoms with Gasteiger partial charge in [0.05, 0.1) is 13.7 Å². The molecule has 1 N–H and O–H groups in total. The predicted octanol–water partition coefficient (Wildman–Crippen LogP) is 5.02. The third-order valence-electron chi connectivity index (χ3n) is 4.51. The molecule has 1 aliphatic rings. The molecule has 150 valence electrons. The van der Waals surface area contributed by atoms with Gasteiger partial charge in [0.2, 0.25) is 0 Å². The van der Waals surface area contributed by atoms with Gasteiger partial charge < -0.3 is 14.2 Å².